The highest BCUT2D eigenvalue weighted by molar-refractivity contribution is 7.17. The van der Waals surface area contributed by atoms with Crippen molar-refractivity contribution in [2.45, 2.75) is 6.92 Å². The number of hydrogen-bond acceptors (Lipinski definition) is 3. The SMILES string of the molecule is CCOC(=O)/C=C/c1csc2ccccc12. The van der Waals surface area contributed by atoms with E-state index in [0.717, 1.165) is 5.56 Å². The summed E-state index contributed by atoms with van der Waals surface area (Å²) in [6, 6.07) is 8.13. The van der Waals surface area contributed by atoms with Crippen molar-refractivity contribution in [1.82, 2.24) is 0 Å². The molecule has 1 heterocycles. The van der Waals surface area contributed by atoms with Crippen LogP contribution in [0.15, 0.2) is 35.7 Å². The summed E-state index contributed by atoms with van der Waals surface area (Å²) in [5, 5.41) is 3.22. The standard InChI is InChI=1S/C13H12O2S/c1-2-15-13(14)8-7-10-9-16-12-6-4-3-5-11(10)12/h3-9H,2H2,1H3/b8-7+. The summed E-state index contributed by atoms with van der Waals surface area (Å²) in [6.07, 6.45) is 3.27. The molecule has 0 aliphatic carbocycles. The average molecular weight is 232 g/mol. The van der Waals surface area contributed by atoms with Crippen molar-refractivity contribution in [2.24, 2.45) is 0 Å². The Labute approximate surface area is 98.2 Å². The molecule has 0 N–H and O–H groups in total. The van der Waals surface area contributed by atoms with Crippen LogP contribution in [-0.4, -0.2) is 12.6 Å². The summed E-state index contributed by atoms with van der Waals surface area (Å²) in [6.45, 7) is 2.21. The van der Waals surface area contributed by atoms with Crippen LogP contribution in [0.3, 0.4) is 0 Å². The van der Waals surface area contributed by atoms with Gasteiger partial charge in [0.15, 0.2) is 0 Å². The van der Waals surface area contributed by atoms with Crippen LogP contribution in [-0.2, 0) is 9.53 Å². The lowest BCUT2D eigenvalue weighted by Crippen LogP contribution is -1.98. The van der Waals surface area contributed by atoms with Crippen molar-refractivity contribution in [3.63, 3.8) is 0 Å². The van der Waals surface area contributed by atoms with E-state index in [4.69, 9.17) is 4.74 Å². The molecule has 1 aromatic carbocycles. The second kappa shape index (κ2) is 4.94. The number of carbonyl (C=O) groups is 1. The maximum absolute atomic E-state index is 11.2. The fraction of sp³-hybridized carbons (Fsp3) is 0.154. The Morgan fingerprint density at radius 1 is 1.44 bits per heavy atom. The van der Waals surface area contributed by atoms with Crippen molar-refractivity contribution in [2.75, 3.05) is 6.61 Å². The van der Waals surface area contributed by atoms with Crippen molar-refractivity contribution < 1.29 is 9.53 Å². The molecular formula is C13H12O2S. The van der Waals surface area contributed by atoms with Crippen LogP contribution < -0.4 is 0 Å². The first-order chi connectivity index (χ1) is 7.81. The molecule has 3 heteroatoms. The molecule has 0 saturated heterocycles. The van der Waals surface area contributed by atoms with Crippen LogP contribution in [0.2, 0.25) is 0 Å². The zero-order valence-corrected chi connectivity index (χ0v) is 9.79. The van der Waals surface area contributed by atoms with E-state index in [1.807, 2.05) is 17.5 Å². The number of rotatable bonds is 3. The Morgan fingerprint density at radius 2 is 2.25 bits per heavy atom. The van der Waals surface area contributed by atoms with Gasteiger partial charge in [-0.25, -0.2) is 4.79 Å². The summed E-state index contributed by atoms with van der Waals surface area (Å²) in [7, 11) is 0. The lowest BCUT2D eigenvalue weighted by molar-refractivity contribution is -0.137. The summed E-state index contributed by atoms with van der Waals surface area (Å²) in [5.41, 5.74) is 1.06. The van der Waals surface area contributed by atoms with E-state index in [9.17, 15) is 4.79 Å². The molecule has 0 aliphatic heterocycles. The maximum atomic E-state index is 11.2. The van der Waals surface area contributed by atoms with Gasteiger partial charge in [0.25, 0.3) is 0 Å². The first-order valence-electron chi connectivity index (χ1n) is 5.12. The lowest BCUT2D eigenvalue weighted by atomic mass is 10.2. The van der Waals surface area contributed by atoms with E-state index in [2.05, 4.69) is 12.1 Å². The third kappa shape index (κ3) is 2.31. The van der Waals surface area contributed by atoms with E-state index in [1.54, 1.807) is 24.3 Å². The molecule has 0 bridgehead atoms. The van der Waals surface area contributed by atoms with Gasteiger partial charge in [-0.05, 0) is 35.4 Å². The molecule has 2 nitrogen and oxygen atoms in total. The smallest absolute Gasteiger partial charge is 0.330 e. The average Bonchev–Trinajstić information content (AvgIpc) is 2.70. The van der Waals surface area contributed by atoms with Crippen LogP contribution in [0, 0.1) is 0 Å². The molecule has 0 spiro atoms. The minimum absolute atomic E-state index is 0.294. The fourth-order valence-corrected chi connectivity index (χ4v) is 2.41. The van der Waals surface area contributed by atoms with Gasteiger partial charge in [-0.2, -0.15) is 0 Å². The molecule has 0 unspecified atom stereocenters. The zero-order valence-electron chi connectivity index (χ0n) is 8.97. The molecule has 2 aromatic rings. The minimum Gasteiger partial charge on any atom is -0.463 e. The Hall–Kier alpha value is -1.61. The lowest BCUT2D eigenvalue weighted by Gasteiger charge is -1.94. The number of thiophene rings is 1. The monoisotopic (exact) mass is 232 g/mol. The van der Waals surface area contributed by atoms with Gasteiger partial charge >= 0.3 is 5.97 Å². The number of fused-ring (bicyclic) bond motifs is 1. The first kappa shape index (κ1) is 10.9. The number of carbonyl (C=O) groups excluding carboxylic acids is 1. The molecule has 0 saturated carbocycles. The molecule has 0 fully saturated rings. The fourth-order valence-electron chi connectivity index (χ4n) is 1.48. The molecule has 0 amide bonds. The van der Waals surface area contributed by atoms with Gasteiger partial charge in [0.05, 0.1) is 6.61 Å². The summed E-state index contributed by atoms with van der Waals surface area (Å²) >= 11 is 1.68. The Morgan fingerprint density at radius 3 is 3.06 bits per heavy atom. The van der Waals surface area contributed by atoms with Crippen LogP contribution in [0.1, 0.15) is 12.5 Å². The summed E-state index contributed by atoms with van der Waals surface area (Å²) < 4.78 is 6.06. The van der Waals surface area contributed by atoms with Crippen LogP contribution in [0.4, 0.5) is 0 Å². The zero-order chi connectivity index (χ0) is 11.4. The Bertz CT molecular complexity index is 525. The summed E-state index contributed by atoms with van der Waals surface area (Å²) in [5.74, 6) is -0.294. The second-order valence-electron chi connectivity index (χ2n) is 3.27. The quantitative estimate of drug-likeness (QED) is 0.598. The van der Waals surface area contributed by atoms with Gasteiger partial charge in [0, 0.05) is 10.8 Å². The topological polar surface area (TPSA) is 26.3 Å². The molecule has 82 valence electrons. The molecule has 16 heavy (non-hydrogen) atoms. The highest BCUT2D eigenvalue weighted by Crippen LogP contribution is 2.26. The van der Waals surface area contributed by atoms with Gasteiger partial charge in [0.1, 0.15) is 0 Å². The first-order valence-corrected chi connectivity index (χ1v) is 6.00. The Kier molecular flexibility index (Phi) is 3.37. The second-order valence-corrected chi connectivity index (χ2v) is 4.18. The number of benzene rings is 1. The van der Waals surface area contributed by atoms with E-state index >= 15 is 0 Å². The molecule has 2 rings (SSSR count). The maximum Gasteiger partial charge on any atom is 0.330 e. The highest BCUT2D eigenvalue weighted by atomic mass is 32.1. The number of ether oxygens (including phenoxy) is 1. The van der Waals surface area contributed by atoms with Gasteiger partial charge < -0.3 is 4.74 Å². The van der Waals surface area contributed by atoms with E-state index in [0.29, 0.717) is 6.61 Å². The molecule has 0 aliphatic rings. The van der Waals surface area contributed by atoms with E-state index in [-0.39, 0.29) is 5.97 Å². The number of esters is 1. The predicted molar refractivity (Wildman–Crippen MR) is 67.5 cm³/mol. The molecule has 0 atom stereocenters. The van der Waals surface area contributed by atoms with Crippen LogP contribution in [0.25, 0.3) is 16.2 Å². The molecule has 1 aromatic heterocycles. The molecular weight excluding hydrogens is 220 g/mol. The third-order valence-electron chi connectivity index (χ3n) is 2.20. The number of hydrogen-bond donors (Lipinski definition) is 0. The predicted octanol–water partition coefficient (Wildman–Crippen LogP) is 3.48. The summed E-state index contributed by atoms with van der Waals surface area (Å²) in [4.78, 5) is 11.2. The molecule has 0 radical (unpaired) electrons. The van der Waals surface area contributed by atoms with Gasteiger partial charge in [-0.3, -0.25) is 0 Å². The van der Waals surface area contributed by atoms with E-state index in [1.165, 1.54) is 16.2 Å². The largest absolute Gasteiger partial charge is 0.463 e. The van der Waals surface area contributed by atoms with Gasteiger partial charge in [-0.15, -0.1) is 11.3 Å². The van der Waals surface area contributed by atoms with Crippen LogP contribution >= 0.6 is 11.3 Å². The highest BCUT2D eigenvalue weighted by Gasteiger charge is 2.00. The van der Waals surface area contributed by atoms with Crippen molar-refractivity contribution in [1.29, 1.82) is 0 Å². The van der Waals surface area contributed by atoms with E-state index < -0.39 is 0 Å². The van der Waals surface area contributed by atoms with Gasteiger partial charge in [0.2, 0.25) is 0 Å². The van der Waals surface area contributed by atoms with Crippen molar-refractivity contribution in [3.05, 3.63) is 41.3 Å². The van der Waals surface area contributed by atoms with Crippen LogP contribution in [0.5, 0.6) is 0 Å². The minimum atomic E-state index is -0.294. The third-order valence-corrected chi connectivity index (χ3v) is 3.18. The van der Waals surface area contributed by atoms with Crippen molar-refractivity contribution in [3.8, 4) is 0 Å². The van der Waals surface area contributed by atoms with Crippen molar-refractivity contribution >= 4 is 33.5 Å². The van der Waals surface area contributed by atoms with Gasteiger partial charge in [-0.1, -0.05) is 18.2 Å². The Balaban J connectivity index is 2.24. The normalized spacial score (nSPS) is 11.1.